The summed E-state index contributed by atoms with van der Waals surface area (Å²) in [5, 5.41) is 3.28. The van der Waals surface area contributed by atoms with Gasteiger partial charge in [-0.1, -0.05) is 0 Å². The van der Waals surface area contributed by atoms with E-state index in [4.69, 9.17) is 5.73 Å². The number of anilines is 1. The summed E-state index contributed by atoms with van der Waals surface area (Å²) in [6.45, 7) is 6.05. The number of rotatable bonds is 4. The molecule has 0 aromatic carbocycles. The zero-order valence-electron chi connectivity index (χ0n) is 8.99. The van der Waals surface area contributed by atoms with E-state index in [0.717, 1.165) is 17.9 Å². The molecule has 0 aliphatic rings. The van der Waals surface area contributed by atoms with E-state index < -0.39 is 0 Å². The lowest BCUT2D eigenvalue weighted by Crippen LogP contribution is -2.26. The number of nitrogens with two attached hydrogens (primary N) is 1. The summed E-state index contributed by atoms with van der Waals surface area (Å²) in [4.78, 5) is 8.16. The first kappa shape index (κ1) is 10.9. The zero-order chi connectivity index (χ0) is 10.6. The number of hydrogen-bond donors (Lipinski definition) is 2. The molecule has 1 heterocycles. The van der Waals surface area contributed by atoms with Gasteiger partial charge in [0.15, 0.2) is 0 Å². The van der Waals surface area contributed by atoms with Gasteiger partial charge in [-0.05, 0) is 27.2 Å². The molecule has 0 bridgehead atoms. The third-order valence-electron chi connectivity index (χ3n) is 1.92. The Hall–Kier alpha value is -1.16. The van der Waals surface area contributed by atoms with E-state index in [2.05, 4.69) is 22.2 Å². The van der Waals surface area contributed by atoms with Crippen LogP contribution in [0.25, 0.3) is 0 Å². The van der Waals surface area contributed by atoms with Crippen molar-refractivity contribution in [3.05, 3.63) is 18.1 Å². The zero-order valence-corrected chi connectivity index (χ0v) is 8.99. The Labute approximate surface area is 85.0 Å². The smallest absolute Gasteiger partial charge is 0.129 e. The van der Waals surface area contributed by atoms with Crippen LogP contribution >= 0.6 is 0 Å². The quantitative estimate of drug-likeness (QED) is 0.758. The van der Waals surface area contributed by atoms with Crippen molar-refractivity contribution in [2.45, 2.75) is 39.3 Å². The molecule has 0 aliphatic carbocycles. The molecule has 0 aliphatic heterocycles. The highest BCUT2D eigenvalue weighted by Crippen LogP contribution is 2.07. The van der Waals surface area contributed by atoms with Crippen molar-refractivity contribution >= 4 is 5.82 Å². The van der Waals surface area contributed by atoms with Crippen molar-refractivity contribution in [3.8, 4) is 0 Å². The van der Waals surface area contributed by atoms with Crippen molar-refractivity contribution in [3.63, 3.8) is 0 Å². The first-order chi connectivity index (χ1) is 6.58. The van der Waals surface area contributed by atoms with E-state index in [1.807, 2.05) is 19.9 Å². The van der Waals surface area contributed by atoms with Crippen LogP contribution in [0.1, 0.15) is 26.0 Å². The summed E-state index contributed by atoms with van der Waals surface area (Å²) in [6.07, 6.45) is 2.50. The minimum absolute atomic E-state index is 0.209. The van der Waals surface area contributed by atoms with E-state index in [1.54, 1.807) is 6.33 Å². The molecular formula is C10H18N4. The second-order valence-electron chi connectivity index (χ2n) is 3.80. The summed E-state index contributed by atoms with van der Waals surface area (Å²) >= 11 is 0. The molecule has 0 fully saturated rings. The first-order valence-electron chi connectivity index (χ1n) is 4.88. The number of aryl methyl sites for hydroxylation is 1. The second-order valence-corrected chi connectivity index (χ2v) is 3.80. The predicted octanol–water partition coefficient (Wildman–Crippen LogP) is 1.32. The van der Waals surface area contributed by atoms with Gasteiger partial charge in [0.2, 0.25) is 0 Å². The Morgan fingerprint density at radius 1 is 1.43 bits per heavy atom. The van der Waals surface area contributed by atoms with Crippen LogP contribution in [0.15, 0.2) is 12.4 Å². The van der Waals surface area contributed by atoms with Crippen molar-refractivity contribution in [2.24, 2.45) is 5.73 Å². The molecule has 1 aromatic heterocycles. The maximum absolute atomic E-state index is 5.70. The molecule has 0 saturated heterocycles. The fraction of sp³-hybridized carbons (Fsp3) is 0.600. The standard InChI is InChI=1S/C10H18N4/c1-7(11)4-9(3)14-10-5-8(2)12-6-13-10/h5-7,9H,4,11H2,1-3H3,(H,12,13,14). The number of nitrogens with one attached hydrogen (secondary N) is 1. The monoisotopic (exact) mass is 194 g/mol. The lowest BCUT2D eigenvalue weighted by Gasteiger charge is -2.16. The maximum atomic E-state index is 5.70. The third-order valence-corrected chi connectivity index (χ3v) is 1.92. The molecule has 0 saturated carbocycles. The van der Waals surface area contributed by atoms with E-state index in [1.165, 1.54) is 0 Å². The highest BCUT2D eigenvalue weighted by Gasteiger charge is 2.05. The summed E-state index contributed by atoms with van der Waals surface area (Å²) in [5.41, 5.74) is 6.67. The maximum Gasteiger partial charge on any atom is 0.129 e. The van der Waals surface area contributed by atoms with Crippen LogP contribution in [0.4, 0.5) is 5.82 Å². The van der Waals surface area contributed by atoms with Crippen molar-refractivity contribution in [2.75, 3.05) is 5.32 Å². The van der Waals surface area contributed by atoms with Gasteiger partial charge in [-0.2, -0.15) is 0 Å². The Bertz CT molecular complexity index is 285. The molecule has 0 amide bonds. The van der Waals surface area contributed by atoms with Crippen LogP contribution in [0.3, 0.4) is 0 Å². The summed E-state index contributed by atoms with van der Waals surface area (Å²) < 4.78 is 0. The van der Waals surface area contributed by atoms with Gasteiger partial charge in [-0.15, -0.1) is 0 Å². The summed E-state index contributed by atoms with van der Waals surface area (Å²) in [6, 6.07) is 2.47. The molecule has 0 radical (unpaired) electrons. The lowest BCUT2D eigenvalue weighted by molar-refractivity contribution is 0.603. The fourth-order valence-corrected chi connectivity index (χ4v) is 1.40. The van der Waals surface area contributed by atoms with Crippen molar-refractivity contribution in [1.82, 2.24) is 9.97 Å². The molecule has 3 N–H and O–H groups in total. The summed E-state index contributed by atoms with van der Waals surface area (Å²) in [7, 11) is 0. The van der Waals surface area contributed by atoms with Crippen molar-refractivity contribution < 1.29 is 0 Å². The molecule has 78 valence electrons. The van der Waals surface area contributed by atoms with Crippen molar-refractivity contribution in [1.29, 1.82) is 0 Å². The minimum Gasteiger partial charge on any atom is -0.367 e. The van der Waals surface area contributed by atoms with Gasteiger partial charge in [0.25, 0.3) is 0 Å². The molecule has 2 atom stereocenters. The van der Waals surface area contributed by atoms with Gasteiger partial charge in [-0.3, -0.25) is 0 Å². The fourth-order valence-electron chi connectivity index (χ4n) is 1.40. The Morgan fingerprint density at radius 2 is 2.14 bits per heavy atom. The van der Waals surface area contributed by atoms with E-state index in [0.29, 0.717) is 6.04 Å². The second kappa shape index (κ2) is 4.91. The lowest BCUT2D eigenvalue weighted by atomic mass is 10.1. The highest BCUT2D eigenvalue weighted by molar-refractivity contribution is 5.35. The van der Waals surface area contributed by atoms with Gasteiger partial charge in [-0.25, -0.2) is 9.97 Å². The van der Waals surface area contributed by atoms with Gasteiger partial charge < -0.3 is 11.1 Å². The topological polar surface area (TPSA) is 63.8 Å². The van der Waals surface area contributed by atoms with Crippen LogP contribution in [-0.4, -0.2) is 22.1 Å². The van der Waals surface area contributed by atoms with Crippen LogP contribution in [-0.2, 0) is 0 Å². The largest absolute Gasteiger partial charge is 0.367 e. The van der Waals surface area contributed by atoms with Crippen LogP contribution in [0, 0.1) is 6.92 Å². The molecular weight excluding hydrogens is 176 g/mol. The number of nitrogens with zero attached hydrogens (tertiary/aromatic N) is 2. The predicted molar refractivity (Wildman–Crippen MR) is 58.1 cm³/mol. The van der Waals surface area contributed by atoms with Gasteiger partial charge in [0, 0.05) is 23.8 Å². The number of aromatic nitrogens is 2. The number of hydrogen-bond acceptors (Lipinski definition) is 4. The van der Waals surface area contributed by atoms with E-state index in [-0.39, 0.29) is 6.04 Å². The van der Waals surface area contributed by atoms with Crippen LogP contribution < -0.4 is 11.1 Å². The molecule has 0 spiro atoms. The normalized spacial score (nSPS) is 14.9. The van der Waals surface area contributed by atoms with E-state index in [9.17, 15) is 0 Å². The van der Waals surface area contributed by atoms with Gasteiger partial charge in [0.05, 0.1) is 0 Å². The third kappa shape index (κ3) is 3.70. The Morgan fingerprint density at radius 3 is 2.71 bits per heavy atom. The Kier molecular flexibility index (Phi) is 3.83. The minimum atomic E-state index is 0.209. The average Bonchev–Trinajstić information content (AvgIpc) is 2.01. The Balaban J connectivity index is 2.51. The molecule has 1 aromatic rings. The van der Waals surface area contributed by atoms with Crippen LogP contribution in [0.5, 0.6) is 0 Å². The SMILES string of the molecule is Cc1cc(NC(C)CC(C)N)ncn1. The van der Waals surface area contributed by atoms with Crippen LogP contribution in [0.2, 0.25) is 0 Å². The van der Waals surface area contributed by atoms with E-state index >= 15 is 0 Å². The molecule has 2 unspecified atom stereocenters. The molecule has 14 heavy (non-hydrogen) atoms. The molecule has 1 rings (SSSR count). The summed E-state index contributed by atoms with van der Waals surface area (Å²) in [5.74, 6) is 0.866. The first-order valence-corrected chi connectivity index (χ1v) is 4.88. The van der Waals surface area contributed by atoms with Gasteiger partial charge in [0.1, 0.15) is 12.1 Å². The molecule has 4 nitrogen and oxygen atoms in total. The average molecular weight is 194 g/mol. The molecule has 4 heteroatoms. The highest BCUT2D eigenvalue weighted by atomic mass is 15.0. The van der Waals surface area contributed by atoms with Gasteiger partial charge >= 0.3 is 0 Å².